The van der Waals surface area contributed by atoms with Gasteiger partial charge in [0.1, 0.15) is 19.3 Å². The van der Waals surface area contributed by atoms with Crippen LogP contribution < -0.4 is 0 Å². The molecule has 0 aliphatic carbocycles. The zero-order valence-corrected chi connectivity index (χ0v) is 54.2. The summed E-state index contributed by atoms with van der Waals surface area (Å²) < 4.78 is 67.8. The van der Waals surface area contributed by atoms with E-state index in [4.69, 9.17) is 37.0 Å². The van der Waals surface area contributed by atoms with Crippen LogP contribution in [0.2, 0.25) is 0 Å². The minimum atomic E-state index is -4.94. The highest BCUT2D eigenvalue weighted by molar-refractivity contribution is 7.47. The summed E-state index contributed by atoms with van der Waals surface area (Å²) >= 11 is 0. The van der Waals surface area contributed by atoms with Crippen LogP contribution in [0, 0.1) is 0 Å². The molecule has 3 N–H and O–H groups in total. The van der Waals surface area contributed by atoms with Gasteiger partial charge in [0, 0.05) is 25.7 Å². The smallest absolute Gasteiger partial charge is 0.462 e. The number of unbranched alkanes of at least 4 members (excludes halogenated alkanes) is 38. The first kappa shape index (κ1) is 80.1. The fraction of sp³-hybridized carbons (Fsp3) is 0.937. The van der Waals surface area contributed by atoms with Crippen molar-refractivity contribution in [2.45, 2.75) is 341 Å². The van der Waals surface area contributed by atoms with Gasteiger partial charge in [-0.3, -0.25) is 37.3 Å². The summed E-state index contributed by atoms with van der Waals surface area (Å²) in [6.07, 6.45) is 43.1. The number of aliphatic hydroxyl groups is 1. The molecule has 0 saturated heterocycles. The molecule has 0 bridgehead atoms. The number of rotatable bonds is 64. The molecular formula is C63H122O17P2. The molecule has 0 saturated carbocycles. The van der Waals surface area contributed by atoms with Crippen LogP contribution in [-0.2, 0) is 65.4 Å². The summed E-state index contributed by atoms with van der Waals surface area (Å²) in [5.41, 5.74) is 0. The van der Waals surface area contributed by atoms with Crippen LogP contribution in [0.25, 0.3) is 0 Å². The molecule has 0 aromatic heterocycles. The van der Waals surface area contributed by atoms with Gasteiger partial charge in [-0.05, 0) is 25.7 Å². The molecule has 486 valence electrons. The summed E-state index contributed by atoms with van der Waals surface area (Å²) in [5, 5.41) is 10.5. The van der Waals surface area contributed by atoms with Crippen molar-refractivity contribution >= 4 is 39.5 Å². The molecule has 0 aliphatic heterocycles. The monoisotopic (exact) mass is 1210 g/mol. The summed E-state index contributed by atoms with van der Waals surface area (Å²) in [6, 6.07) is 0. The summed E-state index contributed by atoms with van der Waals surface area (Å²) in [5.74, 6) is -2.14. The van der Waals surface area contributed by atoms with Gasteiger partial charge in [0.2, 0.25) is 0 Å². The van der Waals surface area contributed by atoms with Crippen LogP contribution in [0.1, 0.15) is 323 Å². The molecule has 17 nitrogen and oxygen atoms in total. The highest BCUT2D eigenvalue weighted by Crippen LogP contribution is 2.45. The third-order valence-electron chi connectivity index (χ3n) is 14.6. The van der Waals surface area contributed by atoms with Crippen molar-refractivity contribution in [2.24, 2.45) is 0 Å². The van der Waals surface area contributed by atoms with Crippen LogP contribution in [0.5, 0.6) is 0 Å². The highest BCUT2D eigenvalue weighted by Gasteiger charge is 2.30. The molecule has 82 heavy (non-hydrogen) atoms. The molecule has 0 spiro atoms. The Bertz CT molecular complexity index is 1590. The van der Waals surface area contributed by atoms with Crippen LogP contribution in [0.3, 0.4) is 0 Å². The number of phosphoric acid groups is 2. The first-order chi connectivity index (χ1) is 39.7. The topological polar surface area (TPSA) is 237 Å². The number of carbonyl (C=O) groups is 4. The predicted molar refractivity (Wildman–Crippen MR) is 326 cm³/mol. The molecule has 2 unspecified atom stereocenters. The molecule has 19 heteroatoms. The quantitative estimate of drug-likeness (QED) is 0.0222. The van der Waals surface area contributed by atoms with Crippen molar-refractivity contribution in [1.82, 2.24) is 0 Å². The Hall–Kier alpha value is -1.94. The van der Waals surface area contributed by atoms with Crippen molar-refractivity contribution in [3.63, 3.8) is 0 Å². The normalized spacial score (nSPS) is 14.2. The summed E-state index contributed by atoms with van der Waals surface area (Å²) in [7, 11) is -9.88. The van der Waals surface area contributed by atoms with E-state index in [-0.39, 0.29) is 25.7 Å². The summed E-state index contributed by atoms with van der Waals surface area (Å²) in [4.78, 5) is 72.0. The molecule has 0 radical (unpaired) electrons. The SMILES string of the molecule is CCCCCCCCCCCCCCCCCC(=O)O[C@H](COC(=O)CCCCCCCCCCCCC)COP(=O)(O)OC[C@@H](O)COP(=O)(O)OC[C@@H](COC(=O)CCCCCCCCC)OC(=O)CCCCCCCCCCC. The largest absolute Gasteiger partial charge is 0.472 e. The molecule has 0 heterocycles. The van der Waals surface area contributed by atoms with Gasteiger partial charge in [0.05, 0.1) is 26.4 Å². The van der Waals surface area contributed by atoms with Crippen molar-refractivity contribution < 1.29 is 80.2 Å². The van der Waals surface area contributed by atoms with E-state index in [0.29, 0.717) is 25.7 Å². The number of phosphoric ester groups is 2. The Morgan fingerprint density at radius 1 is 0.293 bits per heavy atom. The Morgan fingerprint density at radius 3 is 0.720 bits per heavy atom. The van der Waals surface area contributed by atoms with Gasteiger partial charge < -0.3 is 33.8 Å². The van der Waals surface area contributed by atoms with Gasteiger partial charge in [0.15, 0.2) is 12.2 Å². The van der Waals surface area contributed by atoms with Crippen LogP contribution in [0.15, 0.2) is 0 Å². The molecule has 5 atom stereocenters. The van der Waals surface area contributed by atoms with Gasteiger partial charge in [0.25, 0.3) is 0 Å². The van der Waals surface area contributed by atoms with Gasteiger partial charge in [-0.1, -0.05) is 272 Å². The average Bonchev–Trinajstić information content (AvgIpc) is 3.46. The maximum absolute atomic E-state index is 13.0. The second-order valence-electron chi connectivity index (χ2n) is 22.8. The Balaban J connectivity index is 5.19. The lowest BCUT2D eigenvalue weighted by atomic mass is 10.0. The van der Waals surface area contributed by atoms with Crippen LogP contribution in [-0.4, -0.2) is 96.7 Å². The van der Waals surface area contributed by atoms with Gasteiger partial charge >= 0.3 is 39.5 Å². The lowest BCUT2D eigenvalue weighted by Gasteiger charge is -2.21. The summed E-state index contributed by atoms with van der Waals surface area (Å²) in [6.45, 7) is 4.83. The van der Waals surface area contributed by atoms with E-state index >= 15 is 0 Å². The molecule has 0 rings (SSSR count). The average molecular weight is 1210 g/mol. The highest BCUT2D eigenvalue weighted by atomic mass is 31.2. The van der Waals surface area contributed by atoms with Gasteiger partial charge in [-0.25, -0.2) is 9.13 Å². The van der Waals surface area contributed by atoms with Crippen molar-refractivity contribution in [1.29, 1.82) is 0 Å². The number of aliphatic hydroxyl groups excluding tert-OH is 1. The molecule has 0 aliphatic rings. The Kier molecular flexibility index (Phi) is 56.7. The van der Waals surface area contributed by atoms with E-state index in [9.17, 15) is 43.2 Å². The Labute approximate surface area is 498 Å². The maximum Gasteiger partial charge on any atom is 0.472 e. The first-order valence-corrected chi connectivity index (χ1v) is 36.3. The zero-order chi connectivity index (χ0) is 60.5. The molecule has 0 amide bonds. The first-order valence-electron chi connectivity index (χ1n) is 33.3. The number of hydrogen-bond acceptors (Lipinski definition) is 15. The lowest BCUT2D eigenvalue weighted by Crippen LogP contribution is -2.30. The number of carbonyl (C=O) groups excluding carboxylic acids is 4. The van der Waals surface area contributed by atoms with E-state index in [1.807, 2.05) is 0 Å². The fourth-order valence-electron chi connectivity index (χ4n) is 9.46. The van der Waals surface area contributed by atoms with E-state index in [0.717, 1.165) is 103 Å². The number of hydrogen-bond donors (Lipinski definition) is 3. The van der Waals surface area contributed by atoms with Gasteiger partial charge in [-0.2, -0.15) is 0 Å². The standard InChI is InChI=1S/C63H122O17P2/c1-5-9-13-17-21-24-26-27-28-29-31-34-38-42-46-50-63(68)80-59(54-74-61(66)48-44-40-36-33-30-25-22-18-14-10-6-2)56-78-82(71,72)76-52-57(64)51-75-81(69,70)77-55-58(53-73-60(65)47-43-39-35-20-16-12-8-4)79-62(67)49-45-41-37-32-23-19-15-11-7-3/h57-59,64H,5-56H2,1-4H3,(H,69,70)(H,71,72)/t57-,58+,59+/m0/s1. The van der Waals surface area contributed by atoms with Crippen LogP contribution >= 0.6 is 15.6 Å². The number of ether oxygens (including phenoxy) is 4. The third-order valence-corrected chi connectivity index (χ3v) is 16.5. The van der Waals surface area contributed by atoms with E-state index in [1.54, 1.807) is 0 Å². The van der Waals surface area contributed by atoms with E-state index < -0.39 is 97.5 Å². The van der Waals surface area contributed by atoms with E-state index in [1.165, 1.54) is 141 Å². The molecule has 0 aromatic rings. The van der Waals surface area contributed by atoms with E-state index in [2.05, 4.69) is 27.7 Å². The van der Waals surface area contributed by atoms with Crippen molar-refractivity contribution in [3.8, 4) is 0 Å². The maximum atomic E-state index is 13.0. The Morgan fingerprint density at radius 2 is 0.488 bits per heavy atom. The van der Waals surface area contributed by atoms with Crippen LogP contribution in [0.4, 0.5) is 0 Å². The third kappa shape index (κ3) is 57.2. The minimum absolute atomic E-state index is 0.106. The number of esters is 4. The fourth-order valence-corrected chi connectivity index (χ4v) is 11.0. The second kappa shape index (κ2) is 58.1. The molecule has 0 fully saturated rings. The second-order valence-corrected chi connectivity index (χ2v) is 25.7. The lowest BCUT2D eigenvalue weighted by molar-refractivity contribution is -0.161. The molecular weight excluding hydrogens is 1090 g/mol. The molecule has 0 aromatic carbocycles. The van der Waals surface area contributed by atoms with Crippen molar-refractivity contribution in [2.75, 3.05) is 39.6 Å². The minimum Gasteiger partial charge on any atom is -0.462 e. The predicted octanol–water partition coefficient (Wildman–Crippen LogP) is 17.5. The van der Waals surface area contributed by atoms with Gasteiger partial charge in [-0.15, -0.1) is 0 Å². The zero-order valence-electron chi connectivity index (χ0n) is 52.5. The van der Waals surface area contributed by atoms with Crippen molar-refractivity contribution in [3.05, 3.63) is 0 Å².